The van der Waals surface area contributed by atoms with E-state index in [0.29, 0.717) is 5.95 Å². The minimum absolute atomic E-state index is 0.608. The van der Waals surface area contributed by atoms with Crippen molar-refractivity contribution in [3.63, 3.8) is 0 Å². The summed E-state index contributed by atoms with van der Waals surface area (Å²) in [6.07, 6.45) is 1.72. The van der Waals surface area contributed by atoms with Gasteiger partial charge in [0.15, 0.2) is 0 Å². The normalized spacial score (nSPS) is 9.88. The SMILES string of the molecule is CNc1nccc(Nc2ccc(C)cc2)n1. The van der Waals surface area contributed by atoms with Gasteiger partial charge in [0, 0.05) is 18.9 Å². The first kappa shape index (κ1) is 10.4. The maximum atomic E-state index is 4.28. The van der Waals surface area contributed by atoms with E-state index in [4.69, 9.17) is 0 Å². The highest BCUT2D eigenvalue weighted by molar-refractivity contribution is 5.57. The quantitative estimate of drug-likeness (QED) is 0.824. The van der Waals surface area contributed by atoms with Crippen LogP contribution in [0.2, 0.25) is 0 Å². The molecule has 4 heteroatoms. The van der Waals surface area contributed by atoms with Crippen molar-refractivity contribution in [1.82, 2.24) is 9.97 Å². The van der Waals surface area contributed by atoms with Gasteiger partial charge in [-0.15, -0.1) is 0 Å². The van der Waals surface area contributed by atoms with Crippen molar-refractivity contribution in [2.75, 3.05) is 17.7 Å². The molecule has 2 rings (SSSR count). The van der Waals surface area contributed by atoms with Crippen LogP contribution in [0.5, 0.6) is 0 Å². The molecule has 0 amide bonds. The lowest BCUT2D eigenvalue weighted by Gasteiger charge is -2.06. The third kappa shape index (κ3) is 2.48. The van der Waals surface area contributed by atoms with Crippen LogP contribution in [0.4, 0.5) is 17.5 Å². The minimum Gasteiger partial charge on any atom is -0.357 e. The molecule has 2 aromatic rings. The molecule has 0 aliphatic rings. The summed E-state index contributed by atoms with van der Waals surface area (Å²) in [6.45, 7) is 2.06. The molecule has 1 aromatic heterocycles. The summed E-state index contributed by atoms with van der Waals surface area (Å²) < 4.78 is 0. The van der Waals surface area contributed by atoms with Gasteiger partial charge >= 0.3 is 0 Å². The number of nitrogens with zero attached hydrogens (tertiary/aromatic N) is 2. The van der Waals surface area contributed by atoms with Crippen molar-refractivity contribution in [1.29, 1.82) is 0 Å². The number of rotatable bonds is 3. The number of benzene rings is 1. The van der Waals surface area contributed by atoms with Gasteiger partial charge in [-0.25, -0.2) is 4.98 Å². The maximum absolute atomic E-state index is 4.28. The number of hydrogen-bond donors (Lipinski definition) is 2. The molecule has 82 valence electrons. The summed E-state index contributed by atoms with van der Waals surface area (Å²) in [6, 6.07) is 10.00. The van der Waals surface area contributed by atoms with E-state index in [1.165, 1.54) is 5.56 Å². The van der Waals surface area contributed by atoms with Crippen LogP contribution < -0.4 is 10.6 Å². The topological polar surface area (TPSA) is 49.8 Å². The molecular weight excluding hydrogens is 200 g/mol. The van der Waals surface area contributed by atoms with E-state index in [9.17, 15) is 0 Å². The van der Waals surface area contributed by atoms with E-state index < -0.39 is 0 Å². The molecular formula is C12H14N4. The van der Waals surface area contributed by atoms with E-state index in [1.807, 2.05) is 18.2 Å². The summed E-state index contributed by atoms with van der Waals surface area (Å²) in [7, 11) is 1.80. The fourth-order valence-electron chi connectivity index (χ4n) is 1.33. The lowest BCUT2D eigenvalue weighted by atomic mass is 10.2. The van der Waals surface area contributed by atoms with E-state index >= 15 is 0 Å². The monoisotopic (exact) mass is 214 g/mol. The number of aromatic nitrogens is 2. The van der Waals surface area contributed by atoms with Gasteiger partial charge in [0.1, 0.15) is 5.82 Å². The zero-order chi connectivity index (χ0) is 11.4. The van der Waals surface area contributed by atoms with E-state index in [2.05, 4.69) is 39.7 Å². The molecule has 2 N–H and O–H groups in total. The van der Waals surface area contributed by atoms with Crippen LogP contribution in [0, 0.1) is 6.92 Å². The Balaban J connectivity index is 2.16. The zero-order valence-corrected chi connectivity index (χ0v) is 9.36. The highest BCUT2D eigenvalue weighted by Crippen LogP contribution is 2.15. The molecule has 0 bridgehead atoms. The molecule has 0 atom stereocenters. The van der Waals surface area contributed by atoms with Crippen LogP contribution in [0.1, 0.15) is 5.56 Å². The van der Waals surface area contributed by atoms with E-state index in [0.717, 1.165) is 11.5 Å². The van der Waals surface area contributed by atoms with Gasteiger partial charge in [0.25, 0.3) is 0 Å². The number of hydrogen-bond acceptors (Lipinski definition) is 4. The van der Waals surface area contributed by atoms with Crippen molar-refractivity contribution in [2.45, 2.75) is 6.92 Å². The number of aryl methyl sites for hydroxylation is 1. The van der Waals surface area contributed by atoms with Crippen LogP contribution in [0.3, 0.4) is 0 Å². The van der Waals surface area contributed by atoms with Gasteiger partial charge in [0.2, 0.25) is 5.95 Å². The Labute approximate surface area is 94.8 Å². The van der Waals surface area contributed by atoms with Gasteiger partial charge in [-0.2, -0.15) is 4.98 Å². The van der Waals surface area contributed by atoms with Gasteiger partial charge in [-0.1, -0.05) is 17.7 Å². The van der Waals surface area contributed by atoms with Crippen LogP contribution in [0.15, 0.2) is 36.5 Å². The van der Waals surface area contributed by atoms with Crippen LogP contribution in [-0.2, 0) is 0 Å². The Morgan fingerprint density at radius 2 is 1.81 bits per heavy atom. The maximum Gasteiger partial charge on any atom is 0.224 e. The largest absolute Gasteiger partial charge is 0.357 e. The molecule has 0 saturated carbocycles. The molecule has 4 nitrogen and oxygen atoms in total. The first-order chi connectivity index (χ1) is 7.78. The summed E-state index contributed by atoms with van der Waals surface area (Å²) in [5.41, 5.74) is 2.26. The van der Waals surface area contributed by atoms with Gasteiger partial charge < -0.3 is 10.6 Å². The second-order valence-electron chi connectivity index (χ2n) is 3.51. The Morgan fingerprint density at radius 1 is 1.06 bits per heavy atom. The smallest absolute Gasteiger partial charge is 0.224 e. The Hall–Kier alpha value is -2.10. The van der Waals surface area contributed by atoms with E-state index in [1.54, 1.807) is 13.2 Å². The second kappa shape index (κ2) is 4.61. The minimum atomic E-state index is 0.608. The van der Waals surface area contributed by atoms with Crippen molar-refractivity contribution < 1.29 is 0 Å². The zero-order valence-electron chi connectivity index (χ0n) is 9.36. The molecule has 0 saturated heterocycles. The first-order valence-corrected chi connectivity index (χ1v) is 5.12. The average molecular weight is 214 g/mol. The molecule has 0 aliphatic carbocycles. The van der Waals surface area contributed by atoms with Crippen molar-refractivity contribution >= 4 is 17.5 Å². The van der Waals surface area contributed by atoms with E-state index in [-0.39, 0.29) is 0 Å². The summed E-state index contributed by atoms with van der Waals surface area (Å²) in [4.78, 5) is 8.33. The molecule has 0 unspecified atom stereocenters. The third-order valence-electron chi connectivity index (χ3n) is 2.20. The van der Waals surface area contributed by atoms with Crippen LogP contribution >= 0.6 is 0 Å². The molecule has 0 fully saturated rings. The molecule has 1 heterocycles. The van der Waals surface area contributed by atoms with Gasteiger partial charge in [-0.05, 0) is 25.1 Å². The molecule has 1 aromatic carbocycles. The van der Waals surface area contributed by atoms with Gasteiger partial charge in [0.05, 0.1) is 0 Å². The molecule has 0 spiro atoms. The summed E-state index contributed by atoms with van der Waals surface area (Å²) in [5.74, 6) is 1.39. The standard InChI is InChI=1S/C12H14N4/c1-9-3-5-10(6-4-9)15-11-7-8-14-12(13-2)16-11/h3-8H,1-2H3,(H2,13,14,15,16). The average Bonchev–Trinajstić information content (AvgIpc) is 2.32. The lowest BCUT2D eigenvalue weighted by Crippen LogP contribution is -1.99. The second-order valence-corrected chi connectivity index (χ2v) is 3.51. The highest BCUT2D eigenvalue weighted by Gasteiger charge is 1.97. The van der Waals surface area contributed by atoms with Crippen LogP contribution in [-0.4, -0.2) is 17.0 Å². The Kier molecular flexibility index (Phi) is 3.00. The summed E-state index contributed by atoms with van der Waals surface area (Å²) in [5, 5.41) is 6.11. The number of nitrogens with one attached hydrogen (secondary N) is 2. The predicted molar refractivity (Wildman–Crippen MR) is 66.0 cm³/mol. The fraction of sp³-hybridized carbons (Fsp3) is 0.167. The Morgan fingerprint density at radius 3 is 2.50 bits per heavy atom. The lowest BCUT2D eigenvalue weighted by molar-refractivity contribution is 1.15. The summed E-state index contributed by atoms with van der Waals surface area (Å²) >= 11 is 0. The molecule has 0 radical (unpaired) electrons. The third-order valence-corrected chi connectivity index (χ3v) is 2.20. The predicted octanol–water partition coefficient (Wildman–Crippen LogP) is 2.57. The van der Waals surface area contributed by atoms with Gasteiger partial charge in [-0.3, -0.25) is 0 Å². The fourth-order valence-corrected chi connectivity index (χ4v) is 1.33. The Bertz CT molecular complexity index is 465. The van der Waals surface area contributed by atoms with Crippen molar-refractivity contribution in [2.24, 2.45) is 0 Å². The molecule has 0 aliphatic heterocycles. The van der Waals surface area contributed by atoms with Crippen molar-refractivity contribution in [3.8, 4) is 0 Å². The highest BCUT2D eigenvalue weighted by atomic mass is 15.1. The van der Waals surface area contributed by atoms with Crippen LogP contribution in [0.25, 0.3) is 0 Å². The van der Waals surface area contributed by atoms with Crippen molar-refractivity contribution in [3.05, 3.63) is 42.1 Å². The number of anilines is 3. The first-order valence-electron chi connectivity index (χ1n) is 5.12. The molecule has 16 heavy (non-hydrogen) atoms.